The number of H-pyrrole nitrogens is 1. The number of aromatic nitrogens is 1. The molecule has 0 saturated carbocycles. The van der Waals surface area contributed by atoms with Crippen LogP contribution in [0.3, 0.4) is 0 Å². The second-order valence-electron chi connectivity index (χ2n) is 6.70. The number of rotatable bonds is 4. The molecule has 1 aromatic heterocycles. The van der Waals surface area contributed by atoms with Crippen LogP contribution in [-0.2, 0) is 0 Å². The lowest BCUT2D eigenvalue weighted by molar-refractivity contribution is 0.102. The zero-order valence-corrected chi connectivity index (χ0v) is 17.1. The first kappa shape index (κ1) is 18.7. The van der Waals surface area contributed by atoms with Crippen molar-refractivity contribution in [3.05, 3.63) is 88.6 Å². The van der Waals surface area contributed by atoms with Crippen LogP contribution in [0.5, 0.6) is 0 Å². The Balaban J connectivity index is 1.73. The van der Waals surface area contributed by atoms with E-state index in [-0.39, 0.29) is 5.91 Å². The second-order valence-corrected chi connectivity index (χ2v) is 8.22. The number of halogens is 1. The first-order chi connectivity index (χ1) is 13.5. The Hall–Kier alpha value is -2.69. The molecule has 3 aromatic carbocycles. The highest BCUT2D eigenvalue weighted by Gasteiger charge is 2.19. The number of carbonyl (C=O) groups excluding carboxylic acids is 1. The van der Waals surface area contributed by atoms with Crippen LogP contribution in [0.1, 0.15) is 21.6 Å². The van der Waals surface area contributed by atoms with Crippen LogP contribution in [0.2, 0.25) is 5.02 Å². The molecule has 0 aliphatic heterocycles. The fraction of sp³-hybridized carbons (Fsp3) is 0.0870. The second kappa shape index (κ2) is 7.74. The van der Waals surface area contributed by atoms with Crippen molar-refractivity contribution in [3.63, 3.8) is 0 Å². The number of hydrogen-bond donors (Lipinski definition) is 2. The number of nitrogens with one attached hydrogen (secondary N) is 2. The Morgan fingerprint density at radius 1 is 1.00 bits per heavy atom. The molecule has 0 aliphatic rings. The number of aromatic amines is 1. The van der Waals surface area contributed by atoms with Gasteiger partial charge in [0.05, 0.1) is 4.90 Å². The van der Waals surface area contributed by atoms with Gasteiger partial charge in [-0.25, -0.2) is 0 Å². The van der Waals surface area contributed by atoms with Crippen LogP contribution < -0.4 is 5.32 Å². The number of benzene rings is 3. The molecule has 0 aliphatic carbocycles. The van der Waals surface area contributed by atoms with Crippen molar-refractivity contribution in [2.45, 2.75) is 23.6 Å². The molecule has 0 bridgehead atoms. The van der Waals surface area contributed by atoms with E-state index in [1.54, 1.807) is 11.8 Å². The molecule has 3 nitrogen and oxygen atoms in total. The highest BCUT2D eigenvalue weighted by atomic mass is 35.5. The molecule has 0 saturated heterocycles. The minimum atomic E-state index is -0.153. The van der Waals surface area contributed by atoms with Gasteiger partial charge < -0.3 is 10.3 Å². The fourth-order valence-electron chi connectivity index (χ4n) is 3.14. The number of aryl methyl sites for hydroxylation is 2. The van der Waals surface area contributed by atoms with E-state index >= 15 is 0 Å². The standard InChI is InChI=1S/C23H19ClN2OS/c1-14-7-12-19(15(2)13-14)26-23(27)21-22(18-5-3-4-6-20(18)25-21)28-17-10-8-16(24)9-11-17/h3-13,25H,1-2H3,(H,26,27). The Morgan fingerprint density at radius 2 is 1.75 bits per heavy atom. The summed E-state index contributed by atoms with van der Waals surface area (Å²) in [6, 6.07) is 21.6. The van der Waals surface area contributed by atoms with E-state index < -0.39 is 0 Å². The fourth-order valence-corrected chi connectivity index (χ4v) is 4.31. The van der Waals surface area contributed by atoms with Crippen molar-refractivity contribution in [2.75, 3.05) is 5.32 Å². The van der Waals surface area contributed by atoms with Crippen molar-refractivity contribution in [1.29, 1.82) is 0 Å². The molecule has 0 atom stereocenters. The summed E-state index contributed by atoms with van der Waals surface area (Å²) < 4.78 is 0. The lowest BCUT2D eigenvalue weighted by Gasteiger charge is -2.10. The van der Waals surface area contributed by atoms with Gasteiger partial charge in [0.2, 0.25) is 0 Å². The van der Waals surface area contributed by atoms with E-state index in [0.29, 0.717) is 10.7 Å². The molecular weight excluding hydrogens is 388 g/mol. The Kier molecular flexibility index (Phi) is 5.16. The monoisotopic (exact) mass is 406 g/mol. The summed E-state index contributed by atoms with van der Waals surface area (Å²) in [4.78, 5) is 18.3. The molecule has 0 spiro atoms. The summed E-state index contributed by atoms with van der Waals surface area (Å²) in [6.45, 7) is 4.04. The molecule has 28 heavy (non-hydrogen) atoms. The molecule has 2 N–H and O–H groups in total. The van der Waals surface area contributed by atoms with Gasteiger partial charge in [0.25, 0.3) is 5.91 Å². The Bertz CT molecular complexity index is 1170. The van der Waals surface area contributed by atoms with E-state index in [0.717, 1.165) is 31.9 Å². The molecule has 1 heterocycles. The minimum absolute atomic E-state index is 0.153. The van der Waals surface area contributed by atoms with Crippen LogP contribution in [0, 0.1) is 13.8 Å². The van der Waals surface area contributed by atoms with Crippen LogP contribution in [0.4, 0.5) is 5.69 Å². The molecular formula is C23H19ClN2OS. The van der Waals surface area contributed by atoms with Gasteiger partial charge in [-0.2, -0.15) is 0 Å². The molecule has 0 unspecified atom stereocenters. The van der Waals surface area contributed by atoms with Gasteiger partial charge in [0.15, 0.2) is 0 Å². The lowest BCUT2D eigenvalue weighted by atomic mass is 10.1. The summed E-state index contributed by atoms with van der Waals surface area (Å²) in [7, 11) is 0. The third-order valence-electron chi connectivity index (χ3n) is 4.55. The quantitative estimate of drug-likeness (QED) is 0.389. The maximum absolute atomic E-state index is 13.1. The first-order valence-electron chi connectivity index (χ1n) is 8.94. The van der Waals surface area contributed by atoms with E-state index in [2.05, 4.69) is 16.4 Å². The van der Waals surface area contributed by atoms with Crippen molar-refractivity contribution in [1.82, 2.24) is 4.98 Å². The zero-order valence-electron chi connectivity index (χ0n) is 15.5. The average molecular weight is 407 g/mol. The van der Waals surface area contributed by atoms with Gasteiger partial charge in [-0.05, 0) is 55.8 Å². The predicted octanol–water partition coefficient (Wildman–Crippen LogP) is 6.84. The molecule has 1 amide bonds. The van der Waals surface area contributed by atoms with Crippen LogP contribution in [0.25, 0.3) is 10.9 Å². The summed E-state index contributed by atoms with van der Waals surface area (Å²) >= 11 is 7.56. The molecule has 5 heteroatoms. The van der Waals surface area contributed by atoms with E-state index in [1.807, 2.05) is 74.5 Å². The molecule has 0 fully saturated rings. The normalized spacial score (nSPS) is 11.0. The van der Waals surface area contributed by atoms with Crippen molar-refractivity contribution < 1.29 is 4.79 Å². The third-order valence-corrected chi connectivity index (χ3v) is 5.94. The number of anilines is 1. The smallest absolute Gasteiger partial charge is 0.273 e. The lowest BCUT2D eigenvalue weighted by Crippen LogP contribution is -2.14. The predicted molar refractivity (Wildman–Crippen MR) is 118 cm³/mol. The molecule has 0 radical (unpaired) electrons. The van der Waals surface area contributed by atoms with Crippen LogP contribution in [0.15, 0.2) is 76.5 Å². The summed E-state index contributed by atoms with van der Waals surface area (Å²) in [5.74, 6) is -0.153. The molecule has 4 rings (SSSR count). The number of para-hydroxylation sites is 1. The van der Waals surface area contributed by atoms with Gasteiger partial charge in [-0.1, -0.05) is 59.3 Å². The highest BCUT2D eigenvalue weighted by Crippen LogP contribution is 2.37. The largest absolute Gasteiger partial charge is 0.350 e. The number of hydrogen-bond acceptors (Lipinski definition) is 2. The van der Waals surface area contributed by atoms with Gasteiger partial charge >= 0.3 is 0 Å². The van der Waals surface area contributed by atoms with Gasteiger partial charge in [-0.15, -0.1) is 0 Å². The Morgan fingerprint density at radius 3 is 2.50 bits per heavy atom. The Labute approximate surface area is 173 Å². The van der Waals surface area contributed by atoms with Crippen LogP contribution in [-0.4, -0.2) is 10.9 Å². The maximum atomic E-state index is 13.1. The van der Waals surface area contributed by atoms with Crippen molar-refractivity contribution >= 4 is 45.9 Å². The maximum Gasteiger partial charge on any atom is 0.273 e. The minimum Gasteiger partial charge on any atom is -0.350 e. The number of fused-ring (bicyclic) bond motifs is 1. The topological polar surface area (TPSA) is 44.9 Å². The van der Waals surface area contributed by atoms with Gasteiger partial charge in [0.1, 0.15) is 5.69 Å². The van der Waals surface area contributed by atoms with Crippen molar-refractivity contribution in [2.24, 2.45) is 0 Å². The van der Waals surface area contributed by atoms with E-state index in [9.17, 15) is 4.79 Å². The summed E-state index contributed by atoms with van der Waals surface area (Å²) in [5.41, 5.74) is 4.51. The molecule has 4 aromatic rings. The van der Waals surface area contributed by atoms with E-state index in [1.165, 1.54) is 5.56 Å². The number of carbonyl (C=O) groups is 1. The van der Waals surface area contributed by atoms with Crippen molar-refractivity contribution in [3.8, 4) is 0 Å². The number of amides is 1. The van der Waals surface area contributed by atoms with Crippen LogP contribution >= 0.6 is 23.4 Å². The highest BCUT2D eigenvalue weighted by molar-refractivity contribution is 7.99. The SMILES string of the molecule is Cc1ccc(NC(=O)c2[nH]c3ccccc3c2Sc2ccc(Cl)cc2)c(C)c1. The molecule has 140 valence electrons. The average Bonchev–Trinajstić information content (AvgIpc) is 3.04. The van der Waals surface area contributed by atoms with E-state index in [4.69, 9.17) is 11.6 Å². The first-order valence-corrected chi connectivity index (χ1v) is 10.1. The third kappa shape index (κ3) is 3.79. The zero-order chi connectivity index (χ0) is 19.7. The van der Waals surface area contributed by atoms with Gasteiger partial charge in [0, 0.05) is 26.5 Å². The summed E-state index contributed by atoms with van der Waals surface area (Å²) in [5, 5.41) is 4.76. The summed E-state index contributed by atoms with van der Waals surface area (Å²) in [6.07, 6.45) is 0. The van der Waals surface area contributed by atoms with Gasteiger partial charge in [-0.3, -0.25) is 4.79 Å².